The van der Waals surface area contributed by atoms with Gasteiger partial charge in [0, 0.05) is 17.6 Å². The Morgan fingerprint density at radius 1 is 1.09 bits per heavy atom. The lowest BCUT2D eigenvalue weighted by atomic mass is 10.1. The Labute approximate surface area is 142 Å². The van der Waals surface area contributed by atoms with Crippen LogP contribution in [0.15, 0.2) is 54.6 Å². The van der Waals surface area contributed by atoms with Gasteiger partial charge in [-0.1, -0.05) is 41.9 Å². The average Bonchev–Trinajstić information content (AvgIpc) is 2.53. The number of benzene rings is 2. The molecule has 0 aliphatic carbocycles. The molecule has 2 atom stereocenters. The molecule has 0 aliphatic rings. The fraction of sp³-hybridized carbons (Fsp3) is 0.294. The Bertz CT molecular complexity index is 534. The first-order valence-electron chi connectivity index (χ1n) is 7.00. The molecule has 0 radical (unpaired) electrons. The van der Waals surface area contributed by atoms with Gasteiger partial charge in [0.2, 0.25) is 0 Å². The van der Waals surface area contributed by atoms with Gasteiger partial charge < -0.3 is 15.2 Å². The van der Waals surface area contributed by atoms with Gasteiger partial charge in [-0.3, -0.25) is 0 Å². The molecule has 2 rings (SSSR count). The van der Waals surface area contributed by atoms with Crippen LogP contribution in [0.2, 0.25) is 5.02 Å². The maximum absolute atomic E-state index is 9.95. The van der Waals surface area contributed by atoms with E-state index in [2.05, 4.69) is 24.4 Å². The molecule has 0 heterocycles. The second-order valence-corrected chi connectivity index (χ2v) is 5.40. The van der Waals surface area contributed by atoms with Gasteiger partial charge in [-0.2, -0.15) is 0 Å². The van der Waals surface area contributed by atoms with Crippen LogP contribution < -0.4 is 10.1 Å². The smallest absolute Gasteiger partial charge is 0.119 e. The second-order valence-electron chi connectivity index (χ2n) is 4.96. The van der Waals surface area contributed by atoms with Crippen LogP contribution in [0.4, 0.5) is 0 Å². The summed E-state index contributed by atoms with van der Waals surface area (Å²) in [6, 6.07) is 17.4. The molecular weight excluding hydrogens is 321 g/mol. The topological polar surface area (TPSA) is 41.5 Å². The molecule has 0 fully saturated rings. The Morgan fingerprint density at radius 3 is 2.36 bits per heavy atom. The number of rotatable bonds is 7. The lowest BCUT2D eigenvalue weighted by Gasteiger charge is -2.18. The van der Waals surface area contributed by atoms with Crippen molar-refractivity contribution in [3.8, 4) is 5.75 Å². The summed E-state index contributed by atoms with van der Waals surface area (Å²) in [6.45, 7) is 2.79. The SMILES string of the molecule is CC(NCC(O)COc1ccc(Cl)cc1)c1ccccc1.Cl. The number of aliphatic hydroxyl groups is 1. The van der Waals surface area contributed by atoms with Crippen LogP contribution in [0.3, 0.4) is 0 Å². The summed E-state index contributed by atoms with van der Waals surface area (Å²) in [4.78, 5) is 0. The molecule has 120 valence electrons. The molecule has 0 aromatic heterocycles. The Kier molecular flexibility index (Phi) is 8.28. The zero-order chi connectivity index (χ0) is 15.1. The minimum absolute atomic E-state index is 0. The van der Waals surface area contributed by atoms with Crippen LogP contribution in [0.25, 0.3) is 0 Å². The molecule has 0 bridgehead atoms. The van der Waals surface area contributed by atoms with Crippen molar-refractivity contribution >= 4 is 24.0 Å². The van der Waals surface area contributed by atoms with Crippen molar-refractivity contribution in [2.24, 2.45) is 0 Å². The van der Waals surface area contributed by atoms with Crippen molar-refractivity contribution in [3.63, 3.8) is 0 Å². The standard InChI is InChI=1S/C17H20ClNO2.ClH/c1-13(14-5-3-2-4-6-14)19-11-16(20)12-21-17-9-7-15(18)8-10-17;/h2-10,13,16,19-20H,11-12H2,1H3;1H. The molecule has 0 amide bonds. The summed E-state index contributed by atoms with van der Waals surface area (Å²) < 4.78 is 5.51. The van der Waals surface area contributed by atoms with Crippen molar-refractivity contribution < 1.29 is 9.84 Å². The van der Waals surface area contributed by atoms with E-state index in [0.29, 0.717) is 17.3 Å². The van der Waals surface area contributed by atoms with Gasteiger partial charge in [0.25, 0.3) is 0 Å². The zero-order valence-electron chi connectivity index (χ0n) is 12.4. The minimum atomic E-state index is -0.563. The third-order valence-electron chi connectivity index (χ3n) is 3.22. The van der Waals surface area contributed by atoms with E-state index in [1.54, 1.807) is 24.3 Å². The summed E-state index contributed by atoms with van der Waals surface area (Å²) in [7, 11) is 0. The van der Waals surface area contributed by atoms with Gasteiger partial charge >= 0.3 is 0 Å². The summed E-state index contributed by atoms with van der Waals surface area (Å²) in [5, 5.41) is 13.9. The van der Waals surface area contributed by atoms with Gasteiger partial charge in [-0.25, -0.2) is 0 Å². The molecular formula is C17H21Cl2NO2. The summed E-state index contributed by atoms with van der Waals surface area (Å²) in [5.41, 5.74) is 1.20. The normalized spacial score (nSPS) is 13.0. The molecule has 0 spiro atoms. The van der Waals surface area contributed by atoms with Gasteiger partial charge in [0.05, 0.1) is 0 Å². The molecule has 0 saturated heterocycles. The molecule has 5 heteroatoms. The lowest BCUT2D eigenvalue weighted by molar-refractivity contribution is 0.104. The zero-order valence-corrected chi connectivity index (χ0v) is 14.0. The summed E-state index contributed by atoms with van der Waals surface area (Å²) >= 11 is 5.80. The fourth-order valence-electron chi connectivity index (χ4n) is 1.95. The highest BCUT2D eigenvalue weighted by atomic mass is 35.5. The third kappa shape index (κ3) is 6.24. The van der Waals surface area contributed by atoms with Gasteiger partial charge in [-0.05, 0) is 36.8 Å². The molecule has 2 aromatic carbocycles. The predicted molar refractivity (Wildman–Crippen MR) is 93.1 cm³/mol. The number of hydrogen-bond acceptors (Lipinski definition) is 3. The maximum Gasteiger partial charge on any atom is 0.119 e. The third-order valence-corrected chi connectivity index (χ3v) is 3.47. The van der Waals surface area contributed by atoms with Crippen molar-refractivity contribution in [2.45, 2.75) is 19.1 Å². The van der Waals surface area contributed by atoms with Gasteiger partial charge in [-0.15, -0.1) is 12.4 Å². The highest BCUT2D eigenvalue weighted by Crippen LogP contribution is 2.15. The van der Waals surface area contributed by atoms with Gasteiger partial charge in [0.1, 0.15) is 18.5 Å². The first-order chi connectivity index (χ1) is 10.1. The second kappa shape index (κ2) is 9.70. The van der Waals surface area contributed by atoms with Crippen LogP contribution in [0.5, 0.6) is 5.75 Å². The minimum Gasteiger partial charge on any atom is -0.491 e. The van der Waals surface area contributed by atoms with E-state index in [4.69, 9.17) is 16.3 Å². The highest BCUT2D eigenvalue weighted by Gasteiger charge is 2.09. The number of halogens is 2. The molecule has 22 heavy (non-hydrogen) atoms. The monoisotopic (exact) mass is 341 g/mol. The van der Waals surface area contributed by atoms with Crippen molar-refractivity contribution in [3.05, 3.63) is 65.2 Å². The average molecular weight is 342 g/mol. The molecule has 2 aromatic rings. The molecule has 2 N–H and O–H groups in total. The lowest BCUT2D eigenvalue weighted by Crippen LogP contribution is -2.33. The van der Waals surface area contributed by atoms with Crippen molar-refractivity contribution in [2.75, 3.05) is 13.2 Å². The largest absolute Gasteiger partial charge is 0.491 e. The summed E-state index contributed by atoms with van der Waals surface area (Å²) in [6.07, 6.45) is -0.563. The van der Waals surface area contributed by atoms with Crippen LogP contribution >= 0.6 is 24.0 Å². The van der Waals surface area contributed by atoms with E-state index in [-0.39, 0.29) is 25.1 Å². The first-order valence-corrected chi connectivity index (χ1v) is 7.37. The van der Waals surface area contributed by atoms with Crippen LogP contribution in [-0.2, 0) is 0 Å². The predicted octanol–water partition coefficient (Wildman–Crippen LogP) is 3.85. The van der Waals surface area contributed by atoms with Crippen molar-refractivity contribution in [1.29, 1.82) is 0 Å². The van der Waals surface area contributed by atoms with Crippen LogP contribution in [-0.4, -0.2) is 24.4 Å². The van der Waals surface area contributed by atoms with E-state index in [0.717, 1.165) is 0 Å². The van der Waals surface area contributed by atoms with E-state index >= 15 is 0 Å². The number of ether oxygens (including phenoxy) is 1. The Balaban J connectivity index is 0.00000242. The quantitative estimate of drug-likeness (QED) is 0.803. The van der Waals surface area contributed by atoms with E-state index in [1.165, 1.54) is 5.56 Å². The van der Waals surface area contributed by atoms with E-state index in [9.17, 15) is 5.11 Å². The van der Waals surface area contributed by atoms with Crippen molar-refractivity contribution in [1.82, 2.24) is 5.32 Å². The first kappa shape index (κ1) is 18.8. The van der Waals surface area contributed by atoms with E-state index < -0.39 is 6.10 Å². The van der Waals surface area contributed by atoms with E-state index in [1.807, 2.05) is 18.2 Å². The molecule has 3 nitrogen and oxygen atoms in total. The van der Waals surface area contributed by atoms with Gasteiger partial charge in [0.15, 0.2) is 0 Å². The molecule has 0 saturated carbocycles. The number of nitrogens with one attached hydrogen (secondary N) is 1. The van der Waals surface area contributed by atoms with Crippen LogP contribution in [0.1, 0.15) is 18.5 Å². The van der Waals surface area contributed by atoms with Crippen LogP contribution in [0, 0.1) is 0 Å². The highest BCUT2D eigenvalue weighted by molar-refractivity contribution is 6.30. The summed E-state index contributed by atoms with van der Waals surface area (Å²) in [5.74, 6) is 0.703. The molecule has 2 unspecified atom stereocenters. The number of aliphatic hydroxyl groups excluding tert-OH is 1. The fourth-order valence-corrected chi connectivity index (χ4v) is 2.08. The number of hydrogen-bond donors (Lipinski definition) is 2. The Morgan fingerprint density at radius 2 is 1.73 bits per heavy atom. The molecule has 0 aliphatic heterocycles. The maximum atomic E-state index is 9.95. The Hall–Kier alpha value is -1.26.